The molecule has 17 heavy (non-hydrogen) atoms. The Morgan fingerprint density at radius 2 is 1.94 bits per heavy atom. The molecule has 1 atom stereocenters. The number of methoxy groups -OCH3 is 1. The van der Waals surface area contributed by atoms with E-state index >= 15 is 0 Å². The number of carbonyl (C=O) groups excluding carboxylic acids is 1. The van der Waals surface area contributed by atoms with Crippen LogP contribution >= 0.6 is 0 Å². The second-order valence-electron chi connectivity index (χ2n) is 5.80. The molecular formula is C13H26O3Si. The maximum absolute atomic E-state index is 11.3. The Hall–Kier alpha value is -0.613. The normalized spacial score (nSPS) is 14.2. The number of carbonyl (C=O) groups is 1. The Bertz CT molecular complexity index is 266. The van der Waals surface area contributed by atoms with E-state index in [1.54, 1.807) is 6.08 Å². The molecule has 0 radical (unpaired) electrons. The van der Waals surface area contributed by atoms with Gasteiger partial charge in [0, 0.05) is 0 Å². The third-order valence-corrected chi connectivity index (χ3v) is 7.85. The van der Waals surface area contributed by atoms with Crippen molar-refractivity contribution in [3.8, 4) is 0 Å². The van der Waals surface area contributed by atoms with Gasteiger partial charge in [0.05, 0.1) is 19.6 Å². The molecule has 0 amide bonds. The van der Waals surface area contributed by atoms with E-state index in [-0.39, 0.29) is 17.1 Å². The quantitative estimate of drug-likeness (QED) is 0.415. The summed E-state index contributed by atoms with van der Waals surface area (Å²) in [5.41, 5.74) is 0. The number of hydrogen-bond donors (Lipinski definition) is 0. The predicted molar refractivity (Wildman–Crippen MR) is 73.5 cm³/mol. The van der Waals surface area contributed by atoms with Crippen molar-refractivity contribution in [1.82, 2.24) is 0 Å². The monoisotopic (exact) mass is 258 g/mol. The van der Waals surface area contributed by atoms with Gasteiger partial charge in [0.1, 0.15) is 0 Å². The Labute approximate surface area is 106 Å². The minimum Gasteiger partial charge on any atom is -0.469 e. The van der Waals surface area contributed by atoms with Crippen LogP contribution in [0.3, 0.4) is 0 Å². The van der Waals surface area contributed by atoms with Gasteiger partial charge in [-0.25, -0.2) is 0 Å². The molecule has 3 nitrogen and oxygen atoms in total. The lowest BCUT2D eigenvalue weighted by Crippen LogP contribution is -2.44. The predicted octanol–water partition coefficient (Wildman–Crippen LogP) is 3.52. The average molecular weight is 258 g/mol. The minimum atomic E-state index is -1.84. The molecule has 0 aromatic rings. The summed E-state index contributed by atoms with van der Waals surface area (Å²) in [7, 11) is -0.438. The van der Waals surface area contributed by atoms with Crippen molar-refractivity contribution in [3.05, 3.63) is 12.7 Å². The van der Waals surface area contributed by atoms with Gasteiger partial charge in [0.15, 0.2) is 8.32 Å². The van der Waals surface area contributed by atoms with E-state index in [1.165, 1.54) is 7.11 Å². The van der Waals surface area contributed by atoms with Crippen molar-refractivity contribution in [2.24, 2.45) is 0 Å². The van der Waals surface area contributed by atoms with Crippen LogP contribution in [0.1, 0.15) is 33.6 Å². The van der Waals surface area contributed by atoms with E-state index in [9.17, 15) is 4.79 Å². The first kappa shape index (κ1) is 16.4. The molecule has 0 saturated heterocycles. The Morgan fingerprint density at radius 3 is 2.29 bits per heavy atom. The highest BCUT2D eigenvalue weighted by molar-refractivity contribution is 6.74. The van der Waals surface area contributed by atoms with Gasteiger partial charge in [-0.05, 0) is 24.6 Å². The van der Waals surface area contributed by atoms with Gasteiger partial charge in [-0.2, -0.15) is 0 Å². The van der Waals surface area contributed by atoms with Crippen molar-refractivity contribution in [2.75, 3.05) is 7.11 Å². The van der Waals surface area contributed by atoms with Gasteiger partial charge in [0.2, 0.25) is 0 Å². The average Bonchev–Trinajstić information content (AvgIpc) is 2.15. The summed E-state index contributed by atoms with van der Waals surface area (Å²) < 4.78 is 10.9. The van der Waals surface area contributed by atoms with Gasteiger partial charge in [-0.1, -0.05) is 26.8 Å². The van der Waals surface area contributed by atoms with E-state index in [0.29, 0.717) is 12.8 Å². The second kappa shape index (κ2) is 6.35. The number of esters is 1. The van der Waals surface area contributed by atoms with Gasteiger partial charge < -0.3 is 9.16 Å². The molecule has 0 N–H and O–H groups in total. The van der Waals surface area contributed by atoms with Crippen LogP contribution in [0.4, 0.5) is 0 Å². The van der Waals surface area contributed by atoms with Crippen molar-refractivity contribution < 1.29 is 14.0 Å². The lowest BCUT2D eigenvalue weighted by atomic mass is 10.2. The van der Waals surface area contributed by atoms with Crippen LogP contribution < -0.4 is 0 Å². The Morgan fingerprint density at radius 1 is 1.41 bits per heavy atom. The molecule has 4 heteroatoms. The fraction of sp³-hybridized carbons (Fsp3) is 0.769. The molecular weight excluding hydrogens is 232 g/mol. The van der Waals surface area contributed by atoms with Crippen molar-refractivity contribution in [2.45, 2.75) is 57.8 Å². The number of ether oxygens (including phenoxy) is 1. The van der Waals surface area contributed by atoms with Crippen LogP contribution in [0.25, 0.3) is 0 Å². The zero-order valence-corrected chi connectivity index (χ0v) is 13.0. The van der Waals surface area contributed by atoms with Crippen molar-refractivity contribution in [3.63, 3.8) is 0 Å². The highest BCUT2D eigenvalue weighted by Crippen LogP contribution is 2.38. The summed E-state index contributed by atoms with van der Waals surface area (Å²) in [6.07, 6.45) is 2.66. The first-order valence-corrected chi connectivity index (χ1v) is 8.90. The molecule has 0 aliphatic carbocycles. The second-order valence-corrected chi connectivity index (χ2v) is 10.6. The number of hydrogen-bond acceptors (Lipinski definition) is 3. The van der Waals surface area contributed by atoms with Crippen LogP contribution in [-0.4, -0.2) is 27.5 Å². The number of rotatable bonds is 6. The molecule has 0 fully saturated rings. The van der Waals surface area contributed by atoms with Crippen molar-refractivity contribution >= 4 is 14.3 Å². The molecule has 0 aromatic carbocycles. The Kier molecular flexibility index (Phi) is 6.13. The summed E-state index contributed by atoms with van der Waals surface area (Å²) in [5.74, 6) is -0.226. The highest BCUT2D eigenvalue weighted by atomic mass is 28.4. The lowest BCUT2D eigenvalue weighted by molar-refractivity contribution is -0.142. The summed E-state index contributed by atoms with van der Waals surface area (Å²) in [6, 6.07) is 0. The molecule has 0 heterocycles. The van der Waals surface area contributed by atoms with Gasteiger partial charge in [0.25, 0.3) is 0 Å². The molecule has 0 aliphatic rings. The van der Waals surface area contributed by atoms with Crippen LogP contribution in [0.5, 0.6) is 0 Å². The minimum absolute atomic E-state index is 0.110. The maximum atomic E-state index is 11.3. The van der Waals surface area contributed by atoms with Crippen LogP contribution in [0.2, 0.25) is 18.1 Å². The van der Waals surface area contributed by atoms with Gasteiger partial charge >= 0.3 is 5.97 Å². The van der Waals surface area contributed by atoms with E-state index in [2.05, 4.69) is 45.2 Å². The molecule has 1 unspecified atom stereocenters. The molecule has 0 aliphatic heterocycles. The standard InChI is InChI=1S/C13H26O3Si/c1-8-9-11(10-12(14)15-5)16-17(6,7)13(2,3)4/h8,11H,1,9-10H2,2-7H3. The van der Waals surface area contributed by atoms with Crippen LogP contribution in [0, 0.1) is 0 Å². The zero-order chi connectivity index (χ0) is 13.7. The van der Waals surface area contributed by atoms with Crippen molar-refractivity contribution in [1.29, 1.82) is 0 Å². The summed E-state index contributed by atoms with van der Waals surface area (Å²) in [5, 5.41) is 0.141. The smallest absolute Gasteiger partial charge is 0.308 e. The summed E-state index contributed by atoms with van der Waals surface area (Å²) in [6.45, 7) is 14.6. The molecule has 0 aromatic heterocycles. The third kappa shape index (κ3) is 5.50. The fourth-order valence-electron chi connectivity index (χ4n) is 1.22. The summed E-state index contributed by atoms with van der Waals surface area (Å²) in [4.78, 5) is 11.3. The molecule has 100 valence electrons. The van der Waals surface area contributed by atoms with Crippen LogP contribution in [0.15, 0.2) is 12.7 Å². The fourth-order valence-corrected chi connectivity index (χ4v) is 2.59. The van der Waals surface area contributed by atoms with E-state index in [0.717, 1.165) is 0 Å². The maximum Gasteiger partial charge on any atom is 0.308 e. The third-order valence-electron chi connectivity index (χ3n) is 3.32. The summed E-state index contributed by atoms with van der Waals surface area (Å²) >= 11 is 0. The molecule has 0 bridgehead atoms. The topological polar surface area (TPSA) is 35.5 Å². The zero-order valence-electron chi connectivity index (χ0n) is 12.0. The highest BCUT2D eigenvalue weighted by Gasteiger charge is 2.39. The Balaban J connectivity index is 4.64. The molecule has 0 saturated carbocycles. The van der Waals surface area contributed by atoms with E-state index in [4.69, 9.17) is 4.43 Å². The van der Waals surface area contributed by atoms with Crippen LogP contribution in [-0.2, 0) is 14.0 Å². The van der Waals surface area contributed by atoms with Gasteiger partial charge in [-0.3, -0.25) is 4.79 Å². The SMILES string of the molecule is C=CCC(CC(=O)OC)O[Si](C)(C)C(C)(C)C. The first-order valence-electron chi connectivity index (χ1n) is 5.99. The van der Waals surface area contributed by atoms with E-state index < -0.39 is 8.32 Å². The molecule has 0 rings (SSSR count). The van der Waals surface area contributed by atoms with Gasteiger partial charge in [-0.15, -0.1) is 6.58 Å². The molecule has 0 spiro atoms. The van der Waals surface area contributed by atoms with E-state index in [1.807, 2.05) is 0 Å². The lowest BCUT2D eigenvalue weighted by Gasteiger charge is -2.39. The first-order chi connectivity index (χ1) is 7.64. The largest absolute Gasteiger partial charge is 0.469 e.